The lowest BCUT2D eigenvalue weighted by Crippen LogP contribution is -2.39. The summed E-state index contributed by atoms with van der Waals surface area (Å²) < 4.78 is 5.97. The number of carbonyl (C=O) groups is 1. The highest BCUT2D eigenvalue weighted by Crippen LogP contribution is 2.24. The zero-order chi connectivity index (χ0) is 15.4. The first-order chi connectivity index (χ1) is 10.7. The Kier molecular flexibility index (Phi) is 4.39. The number of hydrogen-bond acceptors (Lipinski definition) is 3. The predicted octanol–water partition coefficient (Wildman–Crippen LogP) is 2.19. The summed E-state index contributed by atoms with van der Waals surface area (Å²) in [6.45, 7) is 1.42. The molecule has 0 saturated carbocycles. The second-order valence-corrected chi connectivity index (χ2v) is 5.62. The van der Waals surface area contributed by atoms with Gasteiger partial charge in [-0.1, -0.05) is 48.5 Å². The molecule has 4 nitrogen and oxygen atoms in total. The molecule has 1 amide bonds. The van der Waals surface area contributed by atoms with Crippen LogP contribution in [0.3, 0.4) is 0 Å². The van der Waals surface area contributed by atoms with E-state index in [0.717, 1.165) is 5.75 Å². The predicted molar refractivity (Wildman–Crippen MR) is 85.3 cm³/mol. The normalized spacial score (nSPS) is 21.6. The fourth-order valence-electron chi connectivity index (χ4n) is 2.93. The van der Waals surface area contributed by atoms with Gasteiger partial charge in [-0.25, -0.2) is 0 Å². The standard InChI is InChI=1S/C18H20N2O2/c19-18(21)17-11-16(22-15-9-5-2-6-10-15)13-20(17)12-14-7-3-1-4-8-14/h1-10,16-17H,11-13H2,(H2,19,21)/t16-,17-/m0/s1. The van der Waals surface area contributed by atoms with Crippen LogP contribution >= 0.6 is 0 Å². The van der Waals surface area contributed by atoms with Crippen LogP contribution in [0.25, 0.3) is 0 Å². The van der Waals surface area contributed by atoms with Gasteiger partial charge in [-0.3, -0.25) is 9.69 Å². The topological polar surface area (TPSA) is 55.6 Å². The molecule has 0 radical (unpaired) electrons. The molecule has 2 aromatic rings. The van der Waals surface area contributed by atoms with Crippen molar-refractivity contribution in [3.8, 4) is 5.75 Å². The van der Waals surface area contributed by atoms with Gasteiger partial charge in [0.05, 0.1) is 6.04 Å². The van der Waals surface area contributed by atoms with Gasteiger partial charge in [0.2, 0.25) is 5.91 Å². The van der Waals surface area contributed by atoms with Gasteiger partial charge in [0.15, 0.2) is 0 Å². The fraction of sp³-hybridized carbons (Fsp3) is 0.278. The molecule has 1 aliphatic rings. The molecule has 0 aliphatic carbocycles. The van der Waals surface area contributed by atoms with Crippen LogP contribution in [0, 0.1) is 0 Å². The van der Waals surface area contributed by atoms with Crippen LogP contribution < -0.4 is 10.5 Å². The molecule has 0 aromatic heterocycles. The maximum Gasteiger partial charge on any atom is 0.234 e. The lowest BCUT2D eigenvalue weighted by Gasteiger charge is -2.21. The van der Waals surface area contributed by atoms with Crippen LogP contribution in [0.4, 0.5) is 0 Å². The number of benzene rings is 2. The van der Waals surface area contributed by atoms with Gasteiger partial charge in [-0.15, -0.1) is 0 Å². The third kappa shape index (κ3) is 3.46. The Morgan fingerprint density at radius 1 is 1.09 bits per heavy atom. The summed E-state index contributed by atoms with van der Waals surface area (Å²) in [5, 5.41) is 0. The maximum atomic E-state index is 11.7. The monoisotopic (exact) mass is 296 g/mol. The molecule has 2 aromatic carbocycles. The van der Waals surface area contributed by atoms with Crippen LogP contribution in [-0.2, 0) is 11.3 Å². The van der Waals surface area contributed by atoms with Crippen molar-refractivity contribution in [2.75, 3.05) is 6.54 Å². The quantitative estimate of drug-likeness (QED) is 0.920. The summed E-state index contributed by atoms with van der Waals surface area (Å²) in [7, 11) is 0. The summed E-state index contributed by atoms with van der Waals surface area (Å²) in [4.78, 5) is 13.8. The molecule has 22 heavy (non-hydrogen) atoms. The number of likely N-dealkylation sites (tertiary alicyclic amines) is 1. The first-order valence-electron chi connectivity index (χ1n) is 7.51. The van der Waals surface area contributed by atoms with Crippen molar-refractivity contribution in [1.29, 1.82) is 0 Å². The Balaban J connectivity index is 1.68. The summed E-state index contributed by atoms with van der Waals surface area (Å²) in [6, 6.07) is 19.5. The van der Waals surface area contributed by atoms with Crippen molar-refractivity contribution in [3.63, 3.8) is 0 Å². The second kappa shape index (κ2) is 6.62. The Morgan fingerprint density at radius 3 is 2.36 bits per heavy atom. The van der Waals surface area contributed by atoms with Crippen LogP contribution in [-0.4, -0.2) is 29.5 Å². The zero-order valence-electron chi connectivity index (χ0n) is 12.4. The van der Waals surface area contributed by atoms with Crippen molar-refractivity contribution in [2.45, 2.75) is 25.1 Å². The molecule has 4 heteroatoms. The molecule has 3 rings (SSSR count). The molecule has 1 saturated heterocycles. The molecule has 2 N–H and O–H groups in total. The minimum absolute atomic E-state index is 0.0105. The van der Waals surface area contributed by atoms with E-state index in [-0.39, 0.29) is 18.1 Å². The Morgan fingerprint density at radius 2 is 1.73 bits per heavy atom. The number of para-hydroxylation sites is 1. The largest absolute Gasteiger partial charge is 0.489 e. The molecule has 0 bridgehead atoms. The molecule has 0 unspecified atom stereocenters. The molecule has 2 atom stereocenters. The van der Waals surface area contributed by atoms with E-state index in [1.54, 1.807) is 0 Å². The van der Waals surface area contributed by atoms with Crippen molar-refractivity contribution < 1.29 is 9.53 Å². The van der Waals surface area contributed by atoms with Crippen LogP contribution in [0.1, 0.15) is 12.0 Å². The zero-order valence-corrected chi connectivity index (χ0v) is 12.4. The number of ether oxygens (including phenoxy) is 1. The van der Waals surface area contributed by atoms with Crippen LogP contribution in [0.15, 0.2) is 60.7 Å². The van der Waals surface area contributed by atoms with E-state index in [0.29, 0.717) is 19.5 Å². The number of amides is 1. The Bertz CT molecular complexity index is 615. The van der Waals surface area contributed by atoms with Gasteiger partial charge >= 0.3 is 0 Å². The molecule has 1 heterocycles. The van der Waals surface area contributed by atoms with Gasteiger partial charge in [-0.05, 0) is 17.7 Å². The summed E-state index contributed by atoms with van der Waals surface area (Å²) >= 11 is 0. The van der Waals surface area contributed by atoms with Crippen LogP contribution in [0.2, 0.25) is 0 Å². The van der Waals surface area contributed by atoms with Crippen molar-refractivity contribution in [3.05, 3.63) is 66.2 Å². The molecule has 1 aliphatic heterocycles. The minimum Gasteiger partial charge on any atom is -0.489 e. The molecule has 1 fully saturated rings. The lowest BCUT2D eigenvalue weighted by atomic mass is 10.1. The lowest BCUT2D eigenvalue weighted by molar-refractivity contribution is -0.122. The van der Waals surface area contributed by atoms with Gasteiger partial charge in [0.1, 0.15) is 11.9 Å². The summed E-state index contributed by atoms with van der Waals surface area (Å²) in [5.41, 5.74) is 6.74. The van der Waals surface area contributed by atoms with E-state index >= 15 is 0 Å². The van der Waals surface area contributed by atoms with E-state index in [9.17, 15) is 4.79 Å². The Hall–Kier alpha value is -2.33. The van der Waals surface area contributed by atoms with E-state index in [1.165, 1.54) is 5.56 Å². The highest BCUT2D eigenvalue weighted by Gasteiger charge is 2.36. The summed E-state index contributed by atoms with van der Waals surface area (Å²) in [6.07, 6.45) is 0.625. The highest BCUT2D eigenvalue weighted by atomic mass is 16.5. The molecule has 0 spiro atoms. The van der Waals surface area contributed by atoms with Gasteiger partial charge in [0, 0.05) is 19.5 Å². The number of hydrogen-bond donors (Lipinski definition) is 1. The van der Waals surface area contributed by atoms with E-state index in [4.69, 9.17) is 10.5 Å². The number of nitrogens with two attached hydrogens (primary N) is 1. The van der Waals surface area contributed by atoms with Crippen molar-refractivity contribution >= 4 is 5.91 Å². The van der Waals surface area contributed by atoms with E-state index < -0.39 is 0 Å². The third-order valence-electron chi connectivity index (χ3n) is 3.97. The number of carbonyl (C=O) groups excluding carboxylic acids is 1. The van der Waals surface area contributed by atoms with Crippen molar-refractivity contribution in [2.24, 2.45) is 5.73 Å². The average Bonchev–Trinajstić information content (AvgIpc) is 2.92. The smallest absolute Gasteiger partial charge is 0.234 e. The fourth-order valence-corrected chi connectivity index (χ4v) is 2.93. The SMILES string of the molecule is NC(=O)[C@@H]1C[C@H](Oc2ccccc2)CN1Cc1ccccc1. The van der Waals surface area contributed by atoms with E-state index in [1.807, 2.05) is 48.5 Å². The van der Waals surface area contributed by atoms with E-state index in [2.05, 4.69) is 17.0 Å². The first kappa shape index (κ1) is 14.6. The summed E-state index contributed by atoms with van der Waals surface area (Å²) in [5.74, 6) is 0.548. The number of primary amides is 1. The Labute approximate surface area is 130 Å². The first-order valence-corrected chi connectivity index (χ1v) is 7.51. The highest BCUT2D eigenvalue weighted by molar-refractivity contribution is 5.80. The molecule has 114 valence electrons. The van der Waals surface area contributed by atoms with Gasteiger partial charge in [0.25, 0.3) is 0 Å². The average molecular weight is 296 g/mol. The third-order valence-corrected chi connectivity index (χ3v) is 3.97. The van der Waals surface area contributed by atoms with Crippen LogP contribution in [0.5, 0.6) is 5.75 Å². The second-order valence-electron chi connectivity index (χ2n) is 5.62. The number of rotatable bonds is 5. The van der Waals surface area contributed by atoms with Crippen molar-refractivity contribution in [1.82, 2.24) is 4.90 Å². The number of nitrogens with zero attached hydrogens (tertiary/aromatic N) is 1. The minimum atomic E-state index is -0.282. The molecular formula is C18H20N2O2. The molecular weight excluding hydrogens is 276 g/mol. The van der Waals surface area contributed by atoms with Gasteiger partial charge in [-0.2, -0.15) is 0 Å². The maximum absolute atomic E-state index is 11.7. The van der Waals surface area contributed by atoms with Gasteiger partial charge < -0.3 is 10.5 Å².